The molecule has 29 heavy (non-hydrogen) atoms. The molecule has 1 atom stereocenters. The van der Waals surface area contributed by atoms with Gasteiger partial charge in [-0.3, -0.25) is 9.36 Å². The third-order valence-electron chi connectivity index (χ3n) is 4.74. The summed E-state index contributed by atoms with van der Waals surface area (Å²) in [6.07, 6.45) is 2.93. The minimum absolute atomic E-state index is 0.118. The van der Waals surface area contributed by atoms with E-state index in [-0.39, 0.29) is 35.6 Å². The Hall–Kier alpha value is -1.42. The number of ketones is 1. The molecule has 0 saturated heterocycles. The second-order valence-electron chi connectivity index (χ2n) is 9.25. The molecule has 0 heterocycles. The molecule has 5 nitrogen and oxygen atoms in total. The number of rotatable bonds is 8. The highest BCUT2D eigenvalue weighted by Crippen LogP contribution is 2.53. The van der Waals surface area contributed by atoms with Crippen LogP contribution >= 0.6 is 7.60 Å². The minimum atomic E-state index is -3.54. The molecular formula is C23H37O5P. The second-order valence-corrected chi connectivity index (χ2v) is 11.6. The van der Waals surface area contributed by atoms with Crippen molar-refractivity contribution in [3.63, 3.8) is 0 Å². The molecule has 0 fully saturated rings. The van der Waals surface area contributed by atoms with E-state index in [1.165, 1.54) is 6.08 Å². The zero-order chi connectivity index (χ0) is 22.6. The molecule has 0 aliphatic rings. The van der Waals surface area contributed by atoms with Crippen LogP contribution in [0, 0.1) is 0 Å². The number of phenols is 1. The van der Waals surface area contributed by atoms with Gasteiger partial charge in [-0.2, -0.15) is 0 Å². The molecule has 0 aromatic heterocycles. The Kier molecular flexibility index (Phi) is 8.47. The zero-order valence-electron chi connectivity index (χ0n) is 19.3. The number of hydrogen-bond donors (Lipinski definition) is 1. The lowest BCUT2D eigenvalue weighted by Gasteiger charge is -2.27. The van der Waals surface area contributed by atoms with Gasteiger partial charge in [0.25, 0.3) is 0 Å². The maximum Gasteiger partial charge on any atom is 0.341 e. The molecule has 0 bridgehead atoms. The van der Waals surface area contributed by atoms with Crippen molar-refractivity contribution in [1.82, 2.24) is 0 Å². The number of phenolic OH excluding ortho intramolecular Hbond substituents is 1. The Bertz CT molecular complexity index is 787. The van der Waals surface area contributed by atoms with Gasteiger partial charge >= 0.3 is 7.60 Å². The average Bonchev–Trinajstić information content (AvgIpc) is 2.58. The van der Waals surface area contributed by atoms with Crippen LogP contribution in [0.15, 0.2) is 18.2 Å². The lowest BCUT2D eigenvalue weighted by Crippen LogP contribution is -2.19. The predicted octanol–water partition coefficient (Wildman–Crippen LogP) is 6.22. The summed E-state index contributed by atoms with van der Waals surface area (Å²) < 4.78 is 23.4. The summed E-state index contributed by atoms with van der Waals surface area (Å²) >= 11 is 0. The van der Waals surface area contributed by atoms with Gasteiger partial charge in [0.15, 0.2) is 5.78 Å². The van der Waals surface area contributed by atoms with Crippen LogP contribution in [0.25, 0.3) is 6.08 Å². The van der Waals surface area contributed by atoms with E-state index >= 15 is 0 Å². The van der Waals surface area contributed by atoms with Crippen molar-refractivity contribution in [2.75, 3.05) is 13.2 Å². The van der Waals surface area contributed by atoms with E-state index in [2.05, 4.69) is 20.8 Å². The summed E-state index contributed by atoms with van der Waals surface area (Å²) in [6.45, 7) is 17.8. The van der Waals surface area contributed by atoms with E-state index < -0.39 is 13.3 Å². The number of benzene rings is 1. The lowest BCUT2D eigenvalue weighted by molar-refractivity contribution is -0.114. The molecular weight excluding hydrogens is 387 g/mol. The van der Waals surface area contributed by atoms with Crippen molar-refractivity contribution in [3.8, 4) is 5.75 Å². The molecule has 0 saturated carbocycles. The van der Waals surface area contributed by atoms with E-state index in [0.29, 0.717) is 5.56 Å². The van der Waals surface area contributed by atoms with Crippen molar-refractivity contribution < 1.29 is 23.5 Å². The lowest BCUT2D eigenvalue weighted by atomic mass is 9.79. The number of allylic oxidation sites excluding steroid dienone is 1. The predicted molar refractivity (Wildman–Crippen MR) is 120 cm³/mol. The Morgan fingerprint density at radius 3 is 2.00 bits per heavy atom. The maximum atomic E-state index is 12.9. The van der Waals surface area contributed by atoms with E-state index in [1.807, 2.05) is 32.9 Å². The quantitative estimate of drug-likeness (QED) is 0.396. The Morgan fingerprint density at radius 1 is 1.07 bits per heavy atom. The van der Waals surface area contributed by atoms with E-state index in [0.717, 1.165) is 11.1 Å². The molecule has 0 radical (unpaired) electrons. The van der Waals surface area contributed by atoms with Gasteiger partial charge in [0.05, 0.1) is 13.2 Å². The summed E-state index contributed by atoms with van der Waals surface area (Å²) in [5.74, 6) is -0.215. The van der Waals surface area contributed by atoms with Crippen molar-refractivity contribution >= 4 is 19.5 Å². The van der Waals surface area contributed by atoms with Gasteiger partial charge in [-0.15, -0.1) is 0 Å². The average molecular weight is 425 g/mol. The van der Waals surface area contributed by atoms with Gasteiger partial charge in [-0.1, -0.05) is 47.6 Å². The Morgan fingerprint density at radius 2 is 1.59 bits per heavy atom. The molecule has 164 valence electrons. The summed E-state index contributed by atoms with van der Waals surface area (Å²) in [5, 5.41) is 10.8. The number of carbonyl (C=O) groups is 1. The van der Waals surface area contributed by atoms with Crippen LogP contribution in [0.5, 0.6) is 5.75 Å². The smallest absolute Gasteiger partial charge is 0.341 e. The normalized spacial score (nSPS) is 14.4. The topological polar surface area (TPSA) is 72.8 Å². The summed E-state index contributed by atoms with van der Waals surface area (Å²) in [4.78, 5) is 12.7. The molecule has 1 N–H and O–H groups in total. The highest BCUT2D eigenvalue weighted by Gasteiger charge is 2.36. The highest BCUT2D eigenvalue weighted by atomic mass is 31.2. The minimum Gasteiger partial charge on any atom is -0.507 e. The fourth-order valence-electron chi connectivity index (χ4n) is 2.88. The highest BCUT2D eigenvalue weighted by molar-refractivity contribution is 7.55. The van der Waals surface area contributed by atoms with Gasteiger partial charge in [-0.25, -0.2) is 0 Å². The molecule has 0 amide bonds. The number of hydrogen-bond acceptors (Lipinski definition) is 5. The van der Waals surface area contributed by atoms with Crippen LogP contribution in [-0.2, 0) is 29.2 Å². The Labute approximate surface area is 176 Å². The molecule has 0 spiro atoms. The molecule has 6 heteroatoms. The van der Waals surface area contributed by atoms with Crippen molar-refractivity contribution in [3.05, 3.63) is 34.9 Å². The zero-order valence-corrected chi connectivity index (χ0v) is 20.2. The first-order valence-electron chi connectivity index (χ1n) is 10.2. The third-order valence-corrected chi connectivity index (χ3v) is 7.18. The van der Waals surface area contributed by atoms with E-state index in [9.17, 15) is 14.5 Å². The first-order valence-corrected chi connectivity index (χ1v) is 11.8. The van der Waals surface area contributed by atoms with Crippen LogP contribution in [0.1, 0.15) is 79.0 Å². The standard InChI is InChI=1S/C23H37O5P/c1-10-27-29(26,28-11-2)16(3)20(24)13-12-17-14-18(22(4,5)6)15-19(21(17)25)23(7,8)9/h12-16,25H,10-11H2,1-9H3/b13-12+. The van der Waals surface area contributed by atoms with Crippen molar-refractivity contribution in [2.24, 2.45) is 0 Å². The summed E-state index contributed by atoms with van der Waals surface area (Å²) in [5.41, 5.74) is 1.14. The monoisotopic (exact) mass is 424 g/mol. The summed E-state index contributed by atoms with van der Waals surface area (Å²) in [6, 6.07) is 3.92. The SMILES string of the molecule is CCOP(=O)(OCC)C(C)C(=O)/C=C/c1cc(C(C)(C)C)cc(C(C)(C)C)c1O. The van der Waals surface area contributed by atoms with Gasteiger partial charge in [0.2, 0.25) is 0 Å². The van der Waals surface area contributed by atoms with Crippen LogP contribution in [0.4, 0.5) is 0 Å². The van der Waals surface area contributed by atoms with E-state index in [4.69, 9.17) is 9.05 Å². The molecule has 0 aliphatic heterocycles. The molecule has 1 unspecified atom stereocenters. The maximum absolute atomic E-state index is 12.9. The third kappa shape index (κ3) is 6.53. The second kappa shape index (κ2) is 9.59. The first-order chi connectivity index (χ1) is 13.2. The van der Waals surface area contributed by atoms with Crippen LogP contribution in [0.3, 0.4) is 0 Å². The molecule has 1 rings (SSSR count). The summed E-state index contributed by atoms with van der Waals surface area (Å²) in [7, 11) is -3.54. The fraction of sp³-hybridized carbons (Fsp3) is 0.609. The van der Waals surface area contributed by atoms with Crippen molar-refractivity contribution in [2.45, 2.75) is 78.8 Å². The van der Waals surface area contributed by atoms with Gasteiger partial charge < -0.3 is 14.2 Å². The fourth-order valence-corrected chi connectivity index (χ4v) is 4.52. The molecule has 0 aliphatic carbocycles. The van der Waals surface area contributed by atoms with E-state index in [1.54, 1.807) is 26.8 Å². The van der Waals surface area contributed by atoms with Gasteiger partial charge in [0, 0.05) is 11.1 Å². The van der Waals surface area contributed by atoms with Crippen LogP contribution in [-0.4, -0.2) is 29.8 Å². The van der Waals surface area contributed by atoms with Gasteiger partial charge in [-0.05, 0) is 55.4 Å². The van der Waals surface area contributed by atoms with Crippen LogP contribution in [0.2, 0.25) is 0 Å². The number of carbonyl (C=O) groups excluding carboxylic acids is 1. The Balaban J connectivity index is 3.36. The van der Waals surface area contributed by atoms with Gasteiger partial charge in [0.1, 0.15) is 11.4 Å². The molecule has 1 aromatic rings. The molecule has 1 aromatic carbocycles. The largest absolute Gasteiger partial charge is 0.507 e. The van der Waals surface area contributed by atoms with Crippen LogP contribution < -0.4 is 0 Å². The van der Waals surface area contributed by atoms with Crippen molar-refractivity contribution in [1.29, 1.82) is 0 Å². The first kappa shape index (κ1) is 25.6. The number of aromatic hydroxyl groups is 1.